The average molecular weight is 489 g/mol. The van der Waals surface area contributed by atoms with Crippen molar-refractivity contribution in [2.75, 3.05) is 31.5 Å². The SMILES string of the molecule is Cc1cc(C)cc(NC(=O)N2CCC(C(C(=O)O)N3CCC(c4c[nH]c5ccccc45)CC3)CC2)c1. The van der Waals surface area contributed by atoms with E-state index in [0.717, 1.165) is 48.3 Å². The Balaban J connectivity index is 1.17. The predicted molar refractivity (Wildman–Crippen MR) is 143 cm³/mol. The molecule has 5 rings (SSSR count). The number of aryl methyl sites for hydroxylation is 2. The van der Waals surface area contributed by atoms with Crippen LogP contribution >= 0.6 is 0 Å². The van der Waals surface area contributed by atoms with Crippen molar-refractivity contribution < 1.29 is 14.7 Å². The molecule has 2 aromatic carbocycles. The second-order valence-electron chi connectivity index (χ2n) is 10.5. The highest BCUT2D eigenvalue weighted by molar-refractivity contribution is 5.89. The lowest BCUT2D eigenvalue weighted by molar-refractivity contribution is -0.146. The van der Waals surface area contributed by atoms with Crippen LogP contribution in [0.15, 0.2) is 48.7 Å². The number of aliphatic carboxylic acids is 1. The van der Waals surface area contributed by atoms with Gasteiger partial charge in [-0.05, 0) is 99.3 Å². The van der Waals surface area contributed by atoms with Crippen molar-refractivity contribution in [2.45, 2.75) is 51.5 Å². The molecular weight excluding hydrogens is 452 g/mol. The fourth-order valence-electron chi connectivity index (χ4n) is 6.24. The standard InChI is InChI=1S/C29H36N4O3/c1-19-15-20(2)17-23(16-19)31-29(36)33-13-9-22(10-14-33)27(28(34)35)32-11-7-21(8-12-32)25-18-30-26-6-4-3-5-24(25)26/h3-6,15-18,21-22,27,30H,7-14H2,1-2H3,(H,31,36)(H,34,35). The summed E-state index contributed by atoms with van der Waals surface area (Å²) in [6, 6.07) is 13.8. The van der Waals surface area contributed by atoms with Crippen molar-refractivity contribution in [2.24, 2.45) is 5.92 Å². The summed E-state index contributed by atoms with van der Waals surface area (Å²) in [4.78, 5) is 32.6. The van der Waals surface area contributed by atoms with Gasteiger partial charge in [-0.15, -0.1) is 0 Å². The molecule has 7 nitrogen and oxygen atoms in total. The number of rotatable bonds is 5. The topological polar surface area (TPSA) is 88.7 Å². The Kier molecular flexibility index (Phi) is 7.01. The van der Waals surface area contributed by atoms with Crippen LogP contribution < -0.4 is 5.32 Å². The lowest BCUT2D eigenvalue weighted by Gasteiger charge is -2.41. The van der Waals surface area contributed by atoms with E-state index in [1.54, 1.807) is 0 Å². The van der Waals surface area contributed by atoms with Crippen LogP contribution in [-0.4, -0.2) is 64.1 Å². The monoisotopic (exact) mass is 488 g/mol. The van der Waals surface area contributed by atoms with Gasteiger partial charge in [-0.2, -0.15) is 0 Å². The molecule has 1 atom stereocenters. The summed E-state index contributed by atoms with van der Waals surface area (Å²) in [7, 11) is 0. The van der Waals surface area contributed by atoms with Crippen LogP contribution in [0.1, 0.15) is 48.3 Å². The number of benzene rings is 2. The lowest BCUT2D eigenvalue weighted by atomic mass is 9.84. The molecule has 2 amide bonds. The van der Waals surface area contributed by atoms with Crippen molar-refractivity contribution in [3.8, 4) is 0 Å². The Morgan fingerprint density at radius 1 is 0.972 bits per heavy atom. The number of carboxylic acid groups (broad SMARTS) is 1. The number of H-pyrrole nitrogens is 1. The van der Waals surface area contributed by atoms with Gasteiger partial charge >= 0.3 is 12.0 Å². The molecule has 0 aliphatic carbocycles. The summed E-state index contributed by atoms with van der Waals surface area (Å²) in [6.45, 7) is 6.77. The third-order valence-corrected chi connectivity index (χ3v) is 7.98. The quantitative estimate of drug-likeness (QED) is 0.451. The van der Waals surface area contributed by atoms with Crippen molar-refractivity contribution >= 4 is 28.6 Å². The van der Waals surface area contributed by atoms with Gasteiger partial charge in [0.2, 0.25) is 0 Å². The summed E-state index contributed by atoms with van der Waals surface area (Å²) in [5, 5.41) is 14.4. The van der Waals surface area contributed by atoms with Crippen LogP contribution in [-0.2, 0) is 4.79 Å². The maximum absolute atomic E-state index is 12.8. The first-order chi connectivity index (χ1) is 17.4. The molecule has 0 radical (unpaired) electrons. The molecule has 0 saturated carbocycles. The number of aromatic nitrogens is 1. The van der Waals surface area contributed by atoms with E-state index in [2.05, 4.69) is 45.7 Å². The highest BCUT2D eigenvalue weighted by Crippen LogP contribution is 2.35. The number of nitrogens with one attached hydrogen (secondary N) is 2. The van der Waals surface area contributed by atoms with E-state index in [0.29, 0.717) is 31.8 Å². The molecule has 0 bridgehead atoms. The van der Waals surface area contributed by atoms with E-state index in [1.807, 2.05) is 36.9 Å². The molecule has 1 aromatic heterocycles. The summed E-state index contributed by atoms with van der Waals surface area (Å²) in [6.07, 6.45) is 5.46. The number of aromatic amines is 1. The molecular formula is C29H36N4O3. The minimum absolute atomic E-state index is 0.0532. The number of urea groups is 1. The molecule has 2 fully saturated rings. The zero-order chi connectivity index (χ0) is 25.2. The molecule has 36 heavy (non-hydrogen) atoms. The van der Waals surface area contributed by atoms with E-state index < -0.39 is 12.0 Å². The minimum Gasteiger partial charge on any atom is -0.480 e. The van der Waals surface area contributed by atoms with E-state index in [9.17, 15) is 14.7 Å². The maximum atomic E-state index is 12.8. The van der Waals surface area contributed by atoms with E-state index in [4.69, 9.17) is 0 Å². The molecule has 2 saturated heterocycles. The Morgan fingerprint density at radius 2 is 1.64 bits per heavy atom. The van der Waals surface area contributed by atoms with Crippen LogP contribution in [0, 0.1) is 19.8 Å². The second kappa shape index (κ2) is 10.3. The smallest absolute Gasteiger partial charge is 0.321 e. The van der Waals surface area contributed by atoms with Crippen molar-refractivity contribution in [1.29, 1.82) is 0 Å². The van der Waals surface area contributed by atoms with E-state index >= 15 is 0 Å². The third kappa shape index (κ3) is 5.12. The lowest BCUT2D eigenvalue weighted by Crippen LogP contribution is -2.52. The van der Waals surface area contributed by atoms with Gasteiger partial charge < -0.3 is 20.3 Å². The minimum atomic E-state index is -0.737. The summed E-state index contributed by atoms with van der Waals surface area (Å²) >= 11 is 0. The van der Waals surface area contributed by atoms with Crippen LogP contribution in [0.25, 0.3) is 10.9 Å². The molecule has 0 spiro atoms. The summed E-state index contributed by atoms with van der Waals surface area (Å²) in [5.41, 5.74) is 5.54. The molecule has 7 heteroatoms. The number of piperidine rings is 2. The highest BCUT2D eigenvalue weighted by Gasteiger charge is 2.38. The van der Waals surface area contributed by atoms with Gasteiger partial charge in [-0.1, -0.05) is 24.3 Å². The molecule has 1 unspecified atom stereocenters. The molecule has 2 aliphatic heterocycles. The first kappa shape index (κ1) is 24.4. The number of likely N-dealkylation sites (tertiary alicyclic amines) is 2. The zero-order valence-electron chi connectivity index (χ0n) is 21.2. The molecule has 3 aromatic rings. The number of hydrogen-bond acceptors (Lipinski definition) is 3. The van der Waals surface area contributed by atoms with Crippen LogP contribution in [0.3, 0.4) is 0 Å². The summed E-state index contributed by atoms with van der Waals surface area (Å²) in [5.74, 6) is -0.237. The van der Waals surface area contributed by atoms with Crippen LogP contribution in [0.2, 0.25) is 0 Å². The second-order valence-corrected chi connectivity index (χ2v) is 10.5. The average Bonchev–Trinajstić information content (AvgIpc) is 3.28. The molecule has 190 valence electrons. The number of carbonyl (C=O) groups is 2. The Morgan fingerprint density at radius 3 is 2.31 bits per heavy atom. The highest BCUT2D eigenvalue weighted by atomic mass is 16.4. The number of carboxylic acids is 1. The normalized spacial score (nSPS) is 18.9. The Labute approximate surface area is 212 Å². The molecule has 3 heterocycles. The predicted octanol–water partition coefficient (Wildman–Crippen LogP) is 5.36. The Hall–Kier alpha value is -3.32. The van der Waals surface area contributed by atoms with Gasteiger partial charge in [0, 0.05) is 35.9 Å². The summed E-state index contributed by atoms with van der Waals surface area (Å²) < 4.78 is 0. The third-order valence-electron chi connectivity index (χ3n) is 7.98. The number of amides is 2. The molecule has 3 N–H and O–H groups in total. The first-order valence-electron chi connectivity index (χ1n) is 13.1. The fraction of sp³-hybridized carbons (Fsp3) is 0.448. The van der Waals surface area contributed by atoms with Gasteiger partial charge in [-0.25, -0.2) is 4.79 Å². The number of anilines is 1. The van der Waals surface area contributed by atoms with E-state index in [-0.39, 0.29) is 11.9 Å². The van der Waals surface area contributed by atoms with Crippen LogP contribution in [0.4, 0.5) is 10.5 Å². The number of carbonyl (C=O) groups excluding carboxylic acids is 1. The van der Waals surface area contributed by atoms with E-state index in [1.165, 1.54) is 10.9 Å². The Bertz CT molecular complexity index is 1220. The number of para-hydroxylation sites is 1. The maximum Gasteiger partial charge on any atom is 0.321 e. The number of fused-ring (bicyclic) bond motifs is 1. The van der Waals surface area contributed by atoms with Gasteiger partial charge in [0.1, 0.15) is 6.04 Å². The van der Waals surface area contributed by atoms with Gasteiger partial charge in [0.05, 0.1) is 0 Å². The number of nitrogens with zero attached hydrogens (tertiary/aromatic N) is 2. The fourth-order valence-corrected chi connectivity index (χ4v) is 6.24. The van der Waals surface area contributed by atoms with Crippen molar-refractivity contribution in [3.63, 3.8) is 0 Å². The van der Waals surface area contributed by atoms with Crippen molar-refractivity contribution in [3.05, 3.63) is 65.4 Å². The van der Waals surface area contributed by atoms with Crippen molar-refractivity contribution in [1.82, 2.24) is 14.8 Å². The molecule has 2 aliphatic rings. The van der Waals surface area contributed by atoms with Crippen LogP contribution in [0.5, 0.6) is 0 Å². The zero-order valence-corrected chi connectivity index (χ0v) is 21.2. The van der Waals surface area contributed by atoms with Gasteiger partial charge in [0.25, 0.3) is 0 Å². The van der Waals surface area contributed by atoms with Gasteiger partial charge in [-0.3, -0.25) is 9.69 Å². The largest absolute Gasteiger partial charge is 0.480 e. The van der Waals surface area contributed by atoms with Gasteiger partial charge in [0.15, 0.2) is 0 Å². The first-order valence-corrected chi connectivity index (χ1v) is 13.1. The number of hydrogen-bond donors (Lipinski definition) is 3.